The van der Waals surface area contributed by atoms with E-state index in [2.05, 4.69) is 36.3 Å². The minimum Gasteiger partial charge on any atom is -0.319 e. The van der Waals surface area contributed by atoms with Gasteiger partial charge in [-0.25, -0.2) is 0 Å². The fourth-order valence-electron chi connectivity index (χ4n) is 3.20. The normalized spacial score (nSPS) is 25.3. The summed E-state index contributed by atoms with van der Waals surface area (Å²) in [6.45, 7) is 4.43. The van der Waals surface area contributed by atoms with Crippen LogP contribution in [-0.4, -0.2) is 32.1 Å². The third-order valence-electron chi connectivity index (χ3n) is 4.02. The number of nitrogens with zero attached hydrogens (tertiary/aromatic N) is 1. The van der Waals surface area contributed by atoms with E-state index in [1.165, 1.54) is 30.5 Å². The molecule has 1 aliphatic heterocycles. The van der Waals surface area contributed by atoms with E-state index in [-0.39, 0.29) is 0 Å². The van der Waals surface area contributed by atoms with Crippen LogP contribution in [0, 0.1) is 12.8 Å². The Hall–Kier alpha value is -0.570. The average Bonchev–Trinajstić information content (AvgIpc) is 2.31. The maximum absolute atomic E-state index is 6.06. The molecule has 0 saturated carbocycles. The van der Waals surface area contributed by atoms with E-state index in [0.717, 1.165) is 11.6 Å². The van der Waals surface area contributed by atoms with Gasteiger partial charge in [0.2, 0.25) is 0 Å². The molecule has 18 heavy (non-hydrogen) atoms. The summed E-state index contributed by atoms with van der Waals surface area (Å²) in [4.78, 5) is 2.49. The summed E-state index contributed by atoms with van der Waals surface area (Å²) in [5.41, 5.74) is 2.74. The van der Waals surface area contributed by atoms with Crippen molar-refractivity contribution in [3.8, 4) is 0 Å². The third-order valence-corrected chi connectivity index (χ3v) is 4.26. The first kappa shape index (κ1) is 13.9. The van der Waals surface area contributed by atoms with Crippen LogP contribution in [0.15, 0.2) is 18.2 Å². The summed E-state index contributed by atoms with van der Waals surface area (Å²) in [6.07, 6.45) is 2.60. The molecule has 1 heterocycles. The van der Waals surface area contributed by atoms with Gasteiger partial charge in [0.1, 0.15) is 0 Å². The first-order valence-corrected chi connectivity index (χ1v) is 7.12. The van der Waals surface area contributed by atoms with E-state index in [1.54, 1.807) is 0 Å². The molecule has 0 spiro atoms. The summed E-state index contributed by atoms with van der Waals surface area (Å²) >= 11 is 6.06. The van der Waals surface area contributed by atoms with Crippen LogP contribution in [0.4, 0.5) is 0 Å². The fraction of sp³-hybridized carbons (Fsp3) is 0.600. The van der Waals surface area contributed by atoms with Gasteiger partial charge in [0, 0.05) is 11.1 Å². The Morgan fingerprint density at radius 2 is 2.22 bits per heavy atom. The van der Waals surface area contributed by atoms with E-state index in [4.69, 9.17) is 11.6 Å². The van der Waals surface area contributed by atoms with Gasteiger partial charge in [-0.15, -0.1) is 0 Å². The Morgan fingerprint density at radius 1 is 1.44 bits per heavy atom. The number of benzene rings is 1. The van der Waals surface area contributed by atoms with Crippen molar-refractivity contribution < 1.29 is 0 Å². The van der Waals surface area contributed by atoms with Crippen molar-refractivity contribution in [2.75, 3.05) is 27.2 Å². The van der Waals surface area contributed by atoms with Gasteiger partial charge in [-0.1, -0.05) is 17.7 Å². The highest BCUT2D eigenvalue weighted by Crippen LogP contribution is 2.36. The molecule has 0 aliphatic carbocycles. The summed E-state index contributed by atoms with van der Waals surface area (Å²) in [5, 5.41) is 4.17. The highest BCUT2D eigenvalue weighted by atomic mass is 35.5. The van der Waals surface area contributed by atoms with Gasteiger partial charge >= 0.3 is 0 Å². The zero-order valence-corrected chi connectivity index (χ0v) is 12.3. The summed E-state index contributed by atoms with van der Waals surface area (Å²) in [7, 11) is 4.28. The Labute approximate surface area is 115 Å². The second-order valence-electron chi connectivity index (χ2n) is 5.39. The van der Waals surface area contributed by atoms with Crippen molar-refractivity contribution in [2.45, 2.75) is 25.8 Å². The quantitative estimate of drug-likeness (QED) is 0.904. The number of hydrogen-bond donors (Lipinski definition) is 1. The molecule has 0 bridgehead atoms. The van der Waals surface area contributed by atoms with Crippen LogP contribution in [0.1, 0.15) is 30.0 Å². The molecule has 1 aliphatic rings. The van der Waals surface area contributed by atoms with Crippen LogP contribution in [-0.2, 0) is 0 Å². The predicted octanol–water partition coefficient (Wildman–Crippen LogP) is 3.25. The minimum atomic E-state index is 0.517. The van der Waals surface area contributed by atoms with Crippen molar-refractivity contribution in [3.05, 3.63) is 34.3 Å². The van der Waals surface area contributed by atoms with E-state index in [9.17, 15) is 0 Å². The van der Waals surface area contributed by atoms with Crippen molar-refractivity contribution in [1.82, 2.24) is 10.2 Å². The van der Waals surface area contributed by atoms with Gasteiger partial charge in [-0.05, 0) is 76.1 Å². The molecule has 2 rings (SSSR count). The number of hydrogen-bond acceptors (Lipinski definition) is 2. The maximum atomic E-state index is 6.06. The molecular weight excluding hydrogens is 244 g/mol. The molecule has 1 fully saturated rings. The zero-order valence-electron chi connectivity index (χ0n) is 11.5. The van der Waals surface area contributed by atoms with Crippen LogP contribution in [0.5, 0.6) is 0 Å². The molecule has 3 heteroatoms. The molecule has 100 valence electrons. The number of piperidine rings is 1. The smallest absolute Gasteiger partial charge is 0.0408 e. The number of aryl methyl sites for hydroxylation is 1. The zero-order chi connectivity index (χ0) is 13.1. The summed E-state index contributed by atoms with van der Waals surface area (Å²) < 4.78 is 0. The first-order valence-electron chi connectivity index (χ1n) is 6.74. The van der Waals surface area contributed by atoms with Crippen molar-refractivity contribution >= 4 is 11.6 Å². The molecule has 2 unspecified atom stereocenters. The summed E-state index contributed by atoms with van der Waals surface area (Å²) in [5.74, 6) is 0.689. The molecule has 0 radical (unpaired) electrons. The lowest BCUT2D eigenvalue weighted by molar-refractivity contribution is 0.120. The van der Waals surface area contributed by atoms with Gasteiger partial charge in [0.05, 0.1) is 0 Å². The van der Waals surface area contributed by atoms with Crippen LogP contribution in [0.25, 0.3) is 0 Å². The third kappa shape index (κ3) is 2.87. The molecular formula is C15H23ClN2. The number of likely N-dealkylation sites (tertiary alicyclic amines) is 1. The monoisotopic (exact) mass is 266 g/mol. The lowest BCUT2D eigenvalue weighted by Gasteiger charge is -2.40. The molecule has 2 nitrogen and oxygen atoms in total. The van der Waals surface area contributed by atoms with Gasteiger partial charge in [0.25, 0.3) is 0 Å². The van der Waals surface area contributed by atoms with Crippen molar-refractivity contribution in [1.29, 1.82) is 0 Å². The van der Waals surface area contributed by atoms with Crippen molar-refractivity contribution in [3.63, 3.8) is 0 Å². The Balaban J connectivity index is 2.31. The van der Waals surface area contributed by atoms with Crippen LogP contribution < -0.4 is 5.32 Å². The molecule has 1 aromatic carbocycles. The Morgan fingerprint density at radius 3 is 2.89 bits per heavy atom. The van der Waals surface area contributed by atoms with Gasteiger partial charge in [0.15, 0.2) is 0 Å². The Bertz CT molecular complexity index is 403. The Kier molecular flexibility index (Phi) is 4.66. The van der Waals surface area contributed by atoms with Crippen LogP contribution >= 0.6 is 11.6 Å². The van der Waals surface area contributed by atoms with Gasteiger partial charge in [-0.3, -0.25) is 4.90 Å². The van der Waals surface area contributed by atoms with Crippen LogP contribution in [0.3, 0.4) is 0 Å². The summed E-state index contributed by atoms with van der Waals surface area (Å²) in [6, 6.07) is 6.81. The number of halogens is 1. The first-order chi connectivity index (χ1) is 8.63. The standard InChI is InChI=1S/C15H23ClN2/c1-11-9-13(16)6-7-14(11)15-12(10-17-2)5-4-8-18(15)3/h6-7,9,12,15,17H,4-5,8,10H2,1-3H3. The fourth-order valence-corrected chi connectivity index (χ4v) is 3.42. The molecule has 0 amide bonds. The van der Waals surface area contributed by atoms with E-state index in [1.807, 2.05) is 13.1 Å². The van der Waals surface area contributed by atoms with Crippen LogP contribution in [0.2, 0.25) is 5.02 Å². The minimum absolute atomic E-state index is 0.517. The highest BCUT2D eigenvalue weighted by Gasteiger charge is 2.30. The SMILES string of the molecule is CNCC1CCCN(C)C1c1ccc(Cl)cc1C. The second-order valence-corrected chi connectivity index (χ2v) is 5.82. The number of nitrogens with one attached hydrogen (secondary N) is 1. The van der Waals surface area contributed by atoms with E-state index in [0.29, 0.717) is 12.0 Å². The molecule has 1 N–H and O–H groups in total. The van der Waals surface area contributed by atoms with Crippen molar-refractivity contribution in [2.24, 2.45) is 5.92 Å². The lowest BCUT2D eigenvalue weighted by Crippen LogP contribution is -2.40. The largest absolute Gasteiger partial charge is 0.319 e. The highest BCUT2D eigenvalue weighted by molar-refractivity contribution is 6.30. The average molecular weight is 267 g/mol. The number of rotatable bonds is 3. The van der Waals surface area contributed by atoms with Gasteiger partial charge in [-0.2, -0.15) is 0 Å². The lowest BCUT2D eigenvalue weighted by atomic mass is 9.83. The molecule has 0 aromatic heterocycles. The topological polar surface area (TPSA) is 15.3 Å². The predicted molar refractivity (Wildman–Crippen MR) is 78.2 cm³/mol. The molecule has 2 atom stereocenters. The molecule has 1 saturated heterocycles. The molecule has 1 aromatic rings. The van der Waals surface area contributed by atoms with Gasteiger partial charge < -0.3 is 5.32 Å². The maximum Gasteiger partial charge on any atom is 0.0408 e. The van der Waals surface area contributed by atoms with E-state index >= 15 is 0 Å². The van der Waals surface area contributed by atoms with E-state index < -0.39 is 0 Å². The second kappa shape index (κ2) is 6.05.